The Labute approximate surface area is 86.9 Å². The van der Waals surface area contributed by atoms with Gasteiger partial charge in [-0.2, -0.15) is 0 Å². The Kier molecular flexibility index (Phi) is 2.70. The molecule has 1 aliphatic heterocycles. The van der Waals surface area contributed by atoms with Gasteiger partial charge in [0.15, 0.2) is 6.10 Å². The highest BCUT2D eigenvalue weighted by Gasteiger charge is 2.23. The molecule has 14 heavy (non-hydrogen) atoms. The normalized spacial score (nSPS) is 20.4. The predicted molar refractivity (Wildman–Crippen MR) is 54.4 cm³/mol. The zero-order chi connectivity index (χ0) is 9.97. The first-order chi connectivity index (χ1) is 6.81. The van der Waals surface area contributed by atoms with Crippen LogP contribution < -0.4 is 0 Å². The minimum absolute atomic E-state index is 0.0546. The van der Waals surface area contributed by atoms with Gasteiger partial charge >= 0.3 is 0 Å². The minimum atomic E-state index is -0.147. The summed E-state index contributed by atoms with van der Waals surface area (Å²) in [6.07, 6.45) is 0.464. The standard InChI is InChI=1S/C10H10ClNO2/c11-9-4-2-1-3-8(9)10-5-7(6-13)12-14-10/h1-4,10,13H,5-6H2. The quantitative estimate of drug-likeness (QED) is 0.815. The van der Waals surface area contributed by atoms with Crippen LogP contribution >= 0.6 is 11.6 Å². The van der Waals surface area contributed by atoms with Gasteiger partial charge in [-0.05, 0) is 6.07 Å². The van der Waals surface area contributed by atoms with Gasteiger partial charge in [-0.15, -0.1) is 0 Å². The summed E-state index contributed by atoms with van der Waals surface area (Å²) in [6.45, 7) is -0.0546. The maximum atomic E-state index is 8.86. The Morgan fingerprint density at radius 2 is 2.29 bits per heavy atom. The van der Waals surface area contributed by atoms with Crippen LogP contribution in [0.4, 0.5) is 0 Å². The van der Waals surface area contributed by atoms with E-state index in [1.54, 1.807) is 0 Å². The Bertz CT molecular complexity index is 365. The second kappa shape index (κ2) is 3.98. The molecule has 1 aromatic rings. The van der Waals surface area contributed by atoms with E-state index in [-0.39, 0.29) is 12.7 Å². The largest absolute Gasteiger partial charge is 0.390 e. The van der Waals surface area contributed by atoms with E-state index >= 15 is 0 Å². The summed E-state index contributed by atoms with van der Waals surface area (Å²) in [7, 11) is 0. The maximum Gasteiger partial charge on any atom is 0.159 e. The molecule has 0 radical (unpaired) electrons. The van der Waals surface area contributed by atoms with Gasteiger partial charge in [-0.1, -0.05) is 35.0 Å². The molecule has 4 heteroatoms. The monoisotopic (exact) mass is 211 g/mol. The fourth-order valence-electron chi connectivity index (χ4n) is 1.42. The van der Waals surface area contributed by atoms with Crippen molar-refractivity contribution in [2.75, 3.05) is 6.61 Å². The molecule has 0 aliphatic carbocycles. The first kappa shape index (κ1) is 9.49. The number of hydrogen-bond acceptors (Lipinski definition) is 3. The second-order valence-corrected chi connectivity index (χ2v) is 3.54. The molecular weight excluding hydrogens is 202 g/mol. The van der Waals surface area contributed by atoms with Crippen LogP contribution in [-0.2, 0) is 4.84 Å². The molecule has 2 rings (SSSR count). The van der Waals surface area contributed by atoms with Crippen LogP contribution in [0.1, 0.15) is 18.1 Å². The summed E-state index contributed by atoms with van der Waals surface area (Å²) >= 11 is 6.00. The number of aliphatic hydroxyl groups is 1. The third-order valence-electron chi connectivity index (χ3n) is 2.16. The molecular formula is C10H10ClNO2. The first-order valence-corrected chi connectivity index (χ1v) is 4.76. The minimum Gasteiger partial charge on any atom is -0.390 e. The van der Waals surface area contributed by atoms with Gasteiger partial charge in [0.05, 0.1) is 12.3 Å². The van der Waals surface area contributed by atoms with Crippen molar-refractivity contribution in [2.45, 2.75) is 12.5 Å². The van der Waals surface area contributed by atoms with E-state index in [0.29, 0.717) is 17.2 Å². The molecule has 0 bridgehead atoms. The van der Waals surface area contributed by atoms with Gasteiger partial charge in [-0.3, -0.25) is 0 Å². The Morgan fingerprint density at radius 1 is 1.50 bits per heavy atom. The zero-order valence-electron chi connectivity index (χ0n) is 7.48. The van der Waals surface area contributed by atoms with Crippen molar-refractivity contribution in [3.8, 4) is 0 Å². The summed E-state index contributed by atoms with van der Waals surface area (Å²) < 4.78 is 0. The summed E-state index contributed by atoms with van der Waals surface area (Å²) in [6, 6.07) is 7.50. The van der Waals surface area contributed by atoms with Crippen molar-refractivity contribution in [1.82, 2.24) is 0 Å². The molecule has 74 valence electrons. The van der Waals surface area contributed by atoms with Crippen LogP contribution in [-0.4, -0.2) is 17.4 Å². The second-order valence-electron chi connectivity index (χ2n) is 3.14. The molecule has 0 fully saturated rings. The van der Waals surface area contributed by atoms with Crippen molar-refractivity contribution in [2.24, 2.45) is 5.16 Å². The summed E-state index contributed by atoms with van der Waals surface area (Å²) in [5, 5.41) is 13.3. The molecule has 0 spiro atoms. The van der Waals surface area contributed by atoms with Crippen molar-refractivity contribution in [1.29, 1.82) is 0 Å². The fraction of sp³-hybridized carbons (Fsp3) is 0.300. The van der Waals surface area contributed by atoms with Gasteiger partial charge in [0, 0.05) is 17.0 Å². The van der Waals surface area contributed by atoms with Crippen molar-refractivity contribution >= 4 is 17.3 Å². The SMILES string of the molecule is OCC1=NOC(c2ccccc2Cl)C1. The first-order valence-electron chi connectivity index (χ1n) is 4.38. The fourth-order valence-corrected chi connectivity index (χ4v) is 1.68. The number of nitrogens with zero attached hydrogens (tertiary/aromatic N) is 1. The average Bonchev–Trinajstić information content (AvgIpc) is 2.67. The lowest BCUT2D eigenvalue weighted by Crippen LogP contribution is -2.03. The number of oxime groups is 1. The van der Waals surface area contributed by atoms with E-state index in [0.717, 1.165) is 5.56 Å². The molecule has 1 atom stereocenters. The van der Waals surface area contributed by atoms with Gasteiger partial charge in [0.1, 0.15) is 0 Å². The van der Waals surface area contributed by atoms with Crippen molar-refractivity contribution in [3.63, 3.8) is 0 Å². The molecule has 1 heterocycles. The highest BCUT2D eigenvalue weighted by Crippen LogP contribution is 2.31. The van der Waals surface area contributed by atoms with Gasteiger partial charge in [0.2, 0.25) is 0 Å². The number of aliphatic hydroxyl groups excluding tert-OH is 1. The van der Waals surface area contributed by atoms with Gasteiger partial charge in [-0.25, -0.2) is 0 Å². The van der Waals surface area contributed by atoms with E-state index in [2.05, 4.69) is 5.16 Å². The highest BCUT2D eigenvalue weighted by atomic mass is 35.5. The maximum absolute atomic E-state index is 8.86. The lowest BCUT2D eigenvalue weighted by atomic mass is 10.1. The van der Waals surface area contributed by atoms with E-state index in [4.69, 9.17) is 21.5 Å². The van der Waals surface area contributed by atoms with Gasteiger partial charge in [0.25, 0.3) is 0 Å². The third kappa shape index (κ3) is 1.74. The molecule has 0 amide bonds. The lowest BCUT2D eigenvalue weighted by molar-refractivity contribution is 0.0857. The van der Waals surface area contributed by atoms with Crippen LogP contribution in [0.15, 0.2) is 29.4 Å². The lowest BCUT2D eigenvalue weighted by Gasteiger charge is -2.09. The van der Waals surface area contributed by atoms with E-state index in [1.807, 2.05) is 24.3 Å². The topological polar surface area (TPSA) is 41.8 Å². The Hall–Kier alpha value is -1.06. The Morgan fingerprint density at radius 3 is 2.93 bits per heavy atom. The zero-order valence-corrected chi connectivity index (χ0v) is 8.24. The molecule has 0 aromatic heterocycles. The van der Waals surface area contributed by atoms with Crippen LogP contribution in [0.25, 0.3) is 0 Å². The number of rotatable bonds is 2. The highest BCUT2D eigenvalue weighted by molar-refractivity contribution is 6.31. The van der Waals surface area contributed by atoms with Gasteiger partial charge < -0.3 is 9.94 Å². The van der Waals surface area contributed by atoms with Crippen LogP contribution in [0.5, 0.6) is 0 Å². The molecule has 1 aliphatic rings. The number of benzene rings is 1. The van der Waals surface area contributed by atoms with Crippen LogP contribution in [0, 0.1) is 0 Å². The molecule has 1 aromatic carbocycles. The molecule has 3 nitrogen and oxygen atoms in total. The molecule has 1 unspecified atom stereocenters. The Balaban J connectivity index is 2.16. The third-order valence-corrected chi connectivity index (χ3v) is 2.51. The molecule has 1 N–H and O–H groups in total. The van der Waals surface area contributed by atoms with Crippen molar-refractivity contribution in [3.05, 3.63) is 34.9 Å². The van der Waals surface area contributed by atoms with E-state index < -0.39 is 0 Å². The van der Waals surface area contributed by atoms with Crippen molar-refractivity contribution < 1.29 is 9.94 Å². The smallest absolute Gasteiger partial charge is 0.159 e. The average molecular weight is 212 g/mol. The van der Waals surface area contributed by atoms with E-state index in [9.17, 15) is 0 Å². The number of hydrogen-bond donors (Lipinski definition) is 1. The summed E-state index contributed by atoms with van der Waals surface area (Å²) in [5.74, 6) is 0. The number of halogens is 1. The van der Waals surface area contributed by atoms with Crippen LogP contribution in [0.2, 0.25) is 5.02 Å². The van der Waals surface area contributed by atoms with Crippen LogP contribution in [0.3, 0.4) is 0 Å². The summed E-state index contributed by atoms with van der Waals surface area (Å²) in [5.41, 5.74) is 1.58. The van der Waals surface area contributed by atoms with E-state index in [1.165, 1.54) is 0 Å². The molecule has 0 saturated heterocycles. The molecule has 0 saturated carbocycles. The predicted octanol–water partition coefficient (Wildman–Crippen LogP) is 2.15. The summed E-state index contributed by atoms with van der Waals surface area (Å²) in [4.78, 5) is 5.17.